The number of carbonyl (C=O) groups is 3. The van der Waals surface area contributed by atoms with Crippen molar-refractivity contribution >= 4 is 23.7 Å². The summed E-state index contributed by atoms with van der Waals surface area (Å²) in [6.07, 6.45) is 1.92. The Kier molecular flexibility index (Phi) is 5.16. The van der Waals surface area contributed by atoms with Crippen molar-refractivity contribution in [3.63, 3.8) is 0 Å². The third-order valence-electron chi connectivity index (χ3n) is 5.18. The van der Waals surface area contributed by atoms with E-state index in [0.717, 1.165) is 5.56 Å². The van der Waals surface area contributed by atoms with Crippen LogP contribution in [0.15, 0.2) is 24.3 Å². The van der Waals surface area contributed by atoms with Crippen LogP contribution in [0.1, 0.15) is 48.5 Å². The van der Waals surface area contributed by atoms with Crippen LogP contribution >= 0.6 is 0 Å². The molecule has 1 aliphatic heterocycles. The zero-order valence-corrected chi connectivity index (χ0v) is 15.2. The van der Waals surface area contributed by atoms with E-state index in [1.807, 2.05) is 0 Å². The lowest BCUT2D eigenvalue weighted by Gasteiger charge is -2.35. The molecule has 1 saturated carbocycles. The van der Waals surface area contributed by atoms with Gasteiger partial charge in [-0.3, -0.25) is 14.5 Å². The molecule has 0 aromatic heterocycles. The Morgan fingerprint density at radius 3 is 2.41 bits per heavy atom. The Morgan fingerprint density at radius 2 is 1.85 bits per heavy atom. The summed E-state index contributed by atoms with van der Waals surface area (Å²) in [5.41, 5.74) is 1.12. The van der Waals surface area contributed by atoms with Crippen molar-refractivity contribution in [1.29, 1.82) is 5.41 Å². The summed E-state index contributed by atoms with van der Waals surface area (Å²) in [6.45, 7) is 1.62. The van der Waals surface area contributed by atoms with E-state index in [1.54, 1.807) is 31.2 Å². The van der Waals surface area contributed by atoms with E-state index in [9.17, 15) is 14.4 Å². The minimum atomic E-state index is -1.06. The van der Waals surface area contributed by atoms with Crippen LogP contribution in [0.4, 0.5) is 4.79 Å². The molecular formula is C19H23N3O5. The average Bonchev–Trinajstić information content (AvgIpc) is 2.91. The fourth-order valence-corrected chi connectivity index (χ4v) is 3.67. The van der Waals surface area contributed by atoms with Crippen molar-refractivity contribution in [2.75, 3.05) is 13.1 Å². The molecule has 0 atom stereocenters. The number of ether oxygens (including phenoxy) is 1. The second kappa shape index (κ2) is 7.38. The lowest BCUT2D eigenvalue weighted by Crippen LogP contribution is -2.45. The average molecular weight is 373 g/mol. The summed E-state index contributed by atoms with van der Waals surface area (Å²) in [7, 11) is 0. The first-order chi connectivity index (χ1) is 12.8. The van der Waals surface area contributed by atoms with E-state index in [1.165, 1.54) is 4.90 Å². The Balaban J connectivity index is 1.53. The molecule has 1 aromatic carbocycles. The van der Waals surface area contributed by atoms with E-state index < -0.39 is 17.7 Å². The number of carboxylic acids is 1. The summed E-state index contributed by atoms with van der Waals surface area (Å²) in [5.74, 6) is -1.23. The lowest BCUT2D eigenvalue weighted by molar-refractivity contribution is -0.137. The Morgan fingerprint density at radius 1 is 1.26 bits per heavy atom. The SMILES string of the molecule is CC(=N)c1ccc(C(=O)NC2CCC3(CC2)CN(CC(=O)O)C(=O)O3)cc1. The molecule has 1 heterocycles. The van der Waals surface area contributed by atoms with Crippen molar-refractivity contribution in [1.82, 2.24) is 10.2 Å². The molecule has 2 aliphatic rings. The van der Waals surface area contributed by atoms with Gasteiger partial charge in [-0.2, -0.15) is 0 Å². The Labute approximate surface area is 157 Å². The number of amides is 2. The standard InChI is InChI=1S/C19H23N3O5/c1-12(20)13-2-4-14(5-3-13)17(25)21-15-6-8-19(9-7-15)11-22(10-16(23)24)18(26)27-19/h2-5,15,20H,6-11H2,1H3,(H,21,25)(H,23,24). The molecule has 0 radical (unpaired) electrons. The maximum Gasteiger partial charge on any atom is 0.411 e. The monoisotopic (exact) mass is 373 g/mol. The van der Waals surface area contributed by atoms with Gasteiger partial charge in [0, 0.05) is 17.3 Å². The van der Waals surface area contributed by atoms with Crippen molar-refractivity contribution in [3.8, 4) is 0 Å². The first kappa shape index (κ1) is 18.9. The fraction of sp³-hybridized carbons (Fsp3) is 0.474. The zero-order chi connectivity index (χ0) is 19.6. The number of hydrogen-bond donors (Lipinski definition) is 3. The van der Waals surface area contributed by atoms with Crippen molar-refractivity contribution in [3.05, 3.63) is 35.4 Å². The molecule has 1 saturated heterocycles. The minimum absolute atomic E-state index is 0.0144. The summed E-state index contributed by atoms with van der Waals surface area (Å²) in [4.78, 5) is 36.3. The highest BCUT2D eigenvalue weighted by Gasteiger charge is 2.47. The fourth-order valence-electron chi connectivity index (χ4n) is 3.67. The molecule has 0 bridgehead atoms. The molecule has 8 heteroatoms. The maximum absolute atomic E-state index is 12.4. The summed E-state index contributed by atoms with van der Waals surface area (Å²) in [6, 6.07) is 6.90. The smallest absolute Gasteiger partial charge is 0.411 e. The number of carboxylic acid groups (broad SMARTS) is 1. The summed E-state index contributed by atoms with van der Waals surface area (Å²) in [5, 5.41) is 19.5. The molecule has 0 unspecified atom stereocenters. The second-order valence-electron chi connectivity index (χ2n) is 7.25. The number of benzene rings is 1. The summed E-state index contributed by atoms with van der Waals surface area (Å²) >= 11 is 0. The number of nitrogens with zero attached hydrogens (tertiary/aromatic N) is 1. The highest BCUT2D eigenvalue weighted by Crippen LogP contribution is 2.37. The second-order valence-corrected chi connectivity index (χ2v) is 7.25. The van der Waals surface area contributed by atoms with E-state index in [4.69, 9.17) is 15.3 Å². The maximum atomic E-state index is 12.4. The molecule has 1 spiro atoms. The Bertz CT molecular complexity index is 766. The number of rotatable bonds is 5. The molecule has 3 rings (SSSR count). The van der Waals surface area contributed by atoms with Gasteiger partial charge in [0.2, 0.25) is 0 Å². The first-order valence-electron chi connectivity index (χ1n) is 8.94. The lowest BCUT2D eigenvalue weighted by atomic mass is 9.82. The minimum Gasteiger partial charge on any atom is -0.480 e. The molecule has 8 nitrogen and oxygen atoms in total. The predicted molar refractivity (Wildman–Crippen MR) is 97.1 cm³/mol. The van der Waals surface area contributed by atoms with Crippen LogP contribution in [0.3, 0.4) is 0 Å². The molecular weight excluding hydrogens is 350 g/mol. The molecule has 2 fully saturated rings. The molecule has 3 N–H and O–H groups in total. The van der Waals surface area contributed by atoms with Gasteiger partial charge in [-0.25, -0.2) is 4.79 Å². The van der Waals surface area contributed by atoms with Crippen molar-refractivity contribution in [2.45, 2.75) is 44.2 Å². The highest BCUT2D eigenvalue weighted by atomic mass is 16.6. The number of aliphatic carboxylic acids is 1. The van der Waals surface area contributed by atoms with Crippen LogP contribution in [0, 0.1) is 5.41 Å². The highest BCUT2D eigenvalue weighted by molar-refractivity contribution is 5.98. The molecule has 2 amide bonds. The van der Waals surface area contributed by atoms with Crippen LogP contribution in [0.5, 0.6) is 0 Å². The molecule has 144 valence electrons. The predicted octanol–water partition coefficient (Wildman–Crippen LogP) is 2.02. The molecule has 27 heavy (non-hydrogen) atoms. The zero-order valence-electron chi connectivity index (χ0n) is 15.2. The van der Waals surface area contributed by atoms with Crippen molar-refractivity contribution < 1.29 is 24.2 Å². The first-order valence-corrected chi connectivity index (χ1v) is 8.94. The third kappa shape index (κ3) is 4.27. The topological polar surface area (TPSA) is 120 Å². The van der Waals surface area contributed by atoms with E-state index in [2.05, 4.69) is 5.32 Å². The largest absolute Gasteiger partial charge is 0.480 e. The van der Waals surface area contributed by atoms with Gasteiger partial charge < -0.3 is 20.6 Å². The van der Waals surface area contributed by atoms with Gasteiger partial charge in [-0.15, -0.1) is 0 Å². The third-order valence-corrected chi connectivity index (χ3v) is 5.18. The molecule has 1 aromatic rings. The van der Waals surface area contributed by atoms with Crippen LogP contribution in [-0.4, -0.2) is 58.4 Å². The van der Waals surface area contributed by atoms with Gasteiger partial charge in [0.25, 0.3) is 5.91 Å². The van der Waals surface area contributed by atoms with Crippen LogP contribution in [0.2, 0.25) is 0 Å². The van der Waals surface area contributed by atoms with E-state index >= 15 is 0 Å². The summed E-state index contributed by atoms with van der Waals surface area (Å²) < 4.78 is 5.47. The number of carbonyl (C=O) groups excluding carboxylic acids is 2. The van der Waals surface area contributed by atoms with Crippen molar-refractivity contribution in [2.24, 2.45) is 0 Å². The van der Waals surface area contributed by atoms with Gasteiger partial charge in [-0.05, 0) is 50.3 Å². The van der Waals surface area contributed by atoms with Crippen LogP contribution < -0.4 is 5.32 Å². The number of nitrogens with one attached hydrogen (secondary N) is 2. The van der Waals surface area contributed by atoms with Crippen LogP contribution in [0.25, 0.3) is 0 Å². The van der Waals surface area contributed by atoms with Gasteiger partial charge >= 0.3 is 12.1 Å². The Hall–Kier alpha value is -2.90. The van der Waals surface area contributed by atoms with E-state index in [0.29, 0.717) is 37.0 Å². The molecule has 1 aliphatic carbocycles. The quantitative estimate of drug-likeness (QED) is 0.682. The van der Waals surface area contributed by atoms with Gasteiger partial charge in [0.15, 0.2) is 0 Å². The number of hydrogen-bond acceptors (Lipinski definition) is 5. The van der Waals surface area contributed by atoms with Gasteiger partial charge in [0.05, 0.1) is 6.54 Å². The normalized spacial score (nSPS) is 24.6. The van der Waals surface area contributed by atoms with Crippen LogP contribution in [-0.2, 0) is 9.53 Å². The van der Waals surface area contributed by atoms with Gasteiger partial charge in [-0.1, -0.05) is 12.1 Å². The van der Waals surface area contributed by atoms with E-state index in [-0.39, 0.29) is 25.0 Å². The van der Waals surface area contributed by atoms with Gasteiger partial charge in [0.1, 0.15) is 12.1 Å².